The van der Waals surface area contributed by atoms with Crippen LogP contribution in [0.4, 0.5) is 11.7 Å². The Morgan fingerprint density at radius 1 is 1.24 bits per heavy atom. The van der Waals surface area contributed by atoms with Crippen LogP contribution in [0, 0.1) is 0 Å². The molecule has 0 aliphatic carbocycles. The molecule has 4 heterocycles. The molecule has 3 aromatic rings. The van der Waals surface area contributed by atoms with Crippen LogP contribution in [0.5, 0.6) is 0 Å². The molecule has 9 heteroatoms. The summed E-state index contributed by atoms with van der Waals surface area (Å²) >= 11 is 1.55. The number of hydrogen-bond acceptors (Lipinski definition) is 8. The highest BCUT2D eigenvalue weighted by Crippen LogP contribution is 2.26. The maximum Gasteiger partial charge on any atom is 0.276 e. The molecule has 4 rings (SSSR count). The van der Waals surface area contributed by atoms with Gasteiger partial charge in [-0.15, -0.1) is 11.3 Å². The normalized spacial score (nSPS) is 14.5. The molecule has 0 aromatic carbocycles. The van der Waals surface area contributed by atoms with Gasteiger partial charge in [-0.1, -0.05) is 11.2 Å². The highest BCUT2D eigenvalue weighted by Gasteiger charge is 2.17. The van der Waals surface area contributed by atoms with E-state index in [-0.39, 0.29) is 17.5 Å². The highest BCUT2D eigenvalue weighted by molar-refractivity contribution is 7.13. The Morgan fingerprint density at radius 2 is 2.12 bits per heavy atom. The number of nitrogens with zero attached hydrogens (tertiary/aromatic N) is 4. The number of carbonyl (C=O) groups excluding carboxylic acids is 1. The molecule has 8 nitrogen and oxygen atoms in total. The Bertz CT molecular complexity index is 858. The van der Waals surface area contributed by atoms with Crippen molar-refractivity contribution >= 4 is 28.9 Å². The van der Waals surface area contributed by atoms with Crippen LogP contribution >= 0.6 is 11.3 Å². The molecule has 1 saturated heterocycles. The SMILES string of the molecule is O=C(Nc1cc(-c2cccs2)no1)c1cc(N2CCOCC2)ncn1. The van der Waals surface area contributed by atoms with Gasteiger partial charge >= 0.3 is 0 Å². The van der Waals surface area contributed by atoms with E-state index >= 15 is 0 Å². The van der Waals surface area contributed by atoms with E-state index < -0.39 is 0 Å². The van der Waals surface area contributed by atoms with Crippen molar-refractivity contribution in [3.05, 3.63) is 41.7 Å². The van der Waals surface area contributed by atoms with E-state index in [1.54, 1.807) is 23.5 Å². The van der Waals surface area contributed by atoms with Crippen molar-refractivity contribution in [2.45, 2.75) is 0 Å². The Balaban J connectivity index is 1.47. The van der Waals surface area contributed by atoms with Crippen molar-refractivity contribution in [3.63, 3.8) is 0 Å². The summed E-state index contributed by atoms with van der Waals surface area (Å²) in [5.41, 5.74) is 0.951. The number of morpholine rings is 1. The molecule has 3 aromatic heterocycles. The summed E-state index contributed by atoms with van der Waals surface area (Å²) in [5.74, 6) is 0.617. The zero-order valence-electron chi connectivity index (χ0n) is 13.2. The van der Waals surface area contributed by atoms with Crippen LogP contribution in [0.3, 0.4) is 0 Å². The van der Waals surface area contributed by atoms with Gasteiger partial charge in [0.25, 0.3) is 5.91 Å². The van der Waals surface area contributed by atoms with Gasteiger partial charge in [0, 0.05) is 25.2 Å². The molecular weight excluding hydrogens is 342 g/mol. The van der Waals surface area contributed by atoms with Crippen LogP contribution in [0.15, 0.2) is 40.5 Å². The Labute approximate surface area is 147 Å². The molecule has 25 heavy (non-hydrogen) atoms. The second-order valence-corrected chi connectivity index (χ2v) is 6.32. The fraction of sp³-hybridized carbons (Fsp3) is 0.250. The fourth-order valence-electron chi connectivity index (χ4n) is 2.49. The molecule has 0 saturated carbocycles. The van der Waals surface area contributed by atoms with Crippen LogP contribution in [0.2, 0.25) is 0 Å². The summed E-state index contributed by atoms with van der Waals surface area (Å²) in [6.45, 7) is 2.78. The molecule has 1 amide bonds. The van der Waals surface area contributed by atoms with Crippen molar-refractivity contribution in [2.75, 3.05) is 36.5 Å². The van der Waals surface area contributed by atoms with E-state index in [9.17, 15) is 4.79 Å². The fourth-order valence-corrected chi connectivity index (χ4v) is 3.16. The molecule has 0 atom stereocenters. The van der Waals surface area contributed by atoms with Gasteiger partial charge in [-0.25, -0.2) is 9.97 Å². The number of nitrogens with one attached hydrogen (secondary N) is 1. The van der Waals surface area contributed by atoms with E-state index in [0.29, 0.717) is 24.7 Å². The van der Waals surface area contributed by atoms with E-state index in [1.807, 2.05) is 17.5 Å². The number of carbonyl (C=O) groups is 1. The predicted molar refractivity (Wildman–Crippen MR) is 92.8 cm³/mol. The molecule has 0 radical (unpaired) electrons. The first-order chi connectivity index (χ1) is 12.3. The van der Waals surface area contributed by atoms with Crippen LogP contribution in [-0.4, -0.2) is 47.3 Å². The second kappa shape index (κ2) is 6.99. The van der Waals surface area contributed by atoms with Crippen molar-refractivity contribution < 1.29 is 14.1 Å². The topological polar surface area (TPSA) is 93.4 Å². The van der Waals surface area contributed by atoms with Crippen molar-refractivity contribution in [1.82, 2.24) is 15.1 Å². The van der Waals surface area contributed by atoms with Gasteiger partial charge in [0.2, 0.25) is 5.88 Å². The maximum atomic E-state index is 12.4. The number of ether oxygens (including phenoxy) is 1. The Hall–Kier alpha value is -2.78. The number of amides is 1. The third-order valence-corrected chi connectivity index (χ3v) is 4.63. The van der Waals surface area contributed by atoms with E-state index in [2.05, 4.69) is 25.3 Å². The molecule has 0 bridgehead atoms. The van der Waals surface area contributed by atoms with Crippen LogP contribution in [-0.2, 0) is 4.74 Å². The third-order valence-electron chi connectivity index (χ3n) is 3.74. The number of hydrogen-bond donors (Lipinski definition) is 1. The predicted octanol–water partition coefficient (Wildman–Crippen LogP) is 2.28. The summed E-state index contributed by atoms with van der Waals surface area (Å²) in [7, 11) is 0. The van der Waals surface area contributed by atoms with Crippen LogP contribution < -0.4 is 10.2 Å². The van der Waals surface area contributed by atoms with Crippen molar-refractivity contribution in [3.8, 4) is 10.6 Å². The van der Waals surface area contributed by atoms with Crippen LogP contribution in [0.25, 0.3) is 10.6 Å². The van der Waals surface area contributed by atoms with Gasteiger partial charge in [-0.05, 0) is 11.4 Å². The highest BCUT2D eigenvalue weighted by atomic mass is 32.1. The summed E-state index contributed by atoms with van der Waals surface area (Å²) in [5, 5.41) is 8.59. The zero-order chi connectivity index (χ0) is 17.1. The minimum atomic E-state index is -0.370. The molecule has 0 spiro atoms. The average Bonchev–Trinajstić information content (AvgIpc) is 3.34. The average molecular weight is 357 g/mol. The molecule has 1 fully saturated rings. The van der Waals surface area contributed by atoms with Crippen molar-refractivity contribution in [1.29, 1.82) is 0 Å². The first kappa shape index (κ1) is 15.7. The van der Waals surface area contributed by atoms with Gasteiger partial charge in [0.15, 0.2) is 0 Å². The largest absolute Gasteiger partial charge is 0.378 e. The lowest BCUT2D eigenvalue weighted by molar-refractivity contribution is 0.101. The number of rotatable bonds is 4. The molecular formula is C16H15N5O3S. The van der Waals surface area contributed by atoms with Gasteiger partial charge in [0.05, 0.1) is 18.1 Å². The summed E-state index contributed by atoms with van der Waals surface area (Å²) in [6, 6.07) is 7.22. The van der Waals surface area contributed by atoms with Gasteiger partial charge in [0.1, 0.15) is 23.5 Å². The number of anilines is 2. The summed E-state index contributed by atoms with van der Waals surface area (Å²) in [6.07, 6.45) is 1.39. The van der Waals surface area contributed by atoms with E-state index in [0.717, 1.165) is 18.0 Å². The molecule has 1 aliphatic heterocycles. The second-order valence-electron chi connectivity index (χ2n) is 5.37. The lowest BCUT2D eigenvalue weighted by atomic mass is 10.3. The monoisotopic (exact) mass is 357 g/mol. The quantitative estimate of drug-likeness (QED) is 0.765. The minimum absolute atomic E-state index is 0.269. The van der Waals surface area contributed by atoms with Crippen LogP contribution in [0.1, 0.15) is 10.5 Å². The maximum absolute atomic E-state index is 12.4. The standard InChI is InChI=1S/C16H15N5O3S/c22-16(19-15-9-11(20-24-15)13-2-1-7-25-13)12-8-14(18-10-17-12)21-3-5-23-6-4-21/h1-2,7-10H,3-6H2,(H,19,22). The molecule has 128 valence electrons. The Morgan fingerprint density at radius 3 is 2.92 bits per heavy atom. The minimum Gasteiger partial charge on any atom is -0.378 e. The first-order valence-corrected chi connectivity index (χ1v) is 8.64. The first-order valence-electron chi connectivity index (χ1n) is 7.76. The number of thiophene rings is 1. The van der Waals surface area contributed by atoms with Gasteiger partial charge < -0.3 is 14.2 Å². The smallest absolute Gasteiger partial charge is 0.276 e. The number of aromatic nitrogens is 3. The van der Waals surface area contributed by atoms with Gasteiger partial charge in [-0.3, -0.25) is 10.1 Å². The molecule has 0 unspecified atom stereocenters. The van der Waals surface area contributed by atoms with Crippen molar-refractivity contribution in [2.24, 2.45) is 0 Å². The summed E-state index contributed by atoms with van der Waals surface area (Å²) in [4.78, 5) is 23.7. The lowest BCUT2D eigenvalue weighted by Gasteiger charge is -2.27. The van der Waals surface area contributed by atoms with E-state index in [1.165, 1.54) is 6.33 Å². The van der Waals surface area contributed by atoms with Gasteiger partial charge in [-0.2, -0.15) is 0 Å². The van der Waals surface area contributed by atoms with E-state index in [4.69, 9.17) is 9.26 Å². The lowest BCUT2D eigenvalue weighted by Crippen LogP contribution is -2.37. The molecule has 1 aliphatic rings. The molecule has 1 N–H and O–H groups in total. The zero-order valence-corrected chi connectivity index (χ0v) is 14.0. The summed E-state index contributed by atoms with van der Waals surface area (Å²) < 4.78 is 10.5. The Kier molecular flexibility index (Phi) is 4.40. The third kappa shape index (κ3) is 3.52.